The molecule has 0 bridgehead atoms. The number of hydrogen-bond donors (Lipinski definition) is 0. The molecule has 1 nitrogen and oxygen atoms in total. The van der Waals surface area contributed by atoms with E-state index in [1.807, 2.05) is 48.5 Å². The van der Waals surface area contributed by atoms with Crippen molar-refractivity contribution in [2.24, 2.45) is 0 Å². The van der Waals surface area contributed by atoms with E-state index in [4.69, 9.17) is 16.3 Å². The first-order chi connectivity index (χ1) is 7.75. The summed E-state index contributed by atoms with van der Waals surface area (Å²) in [5.41, 5.74) is 1.14. The summed E-state index contributed by atoms with van der Waals surface area (Å²) in [5.74, 6) is 0.743. The number of ether oxygens (including phenoxy) is 1. The third kappa shape index (κ3) is 3.04. The minimum absolute atomic E-state index is 0.550. The predicted octanol–water partition coefficient (Wildman–Crippen LogP) is 2.18. The number of benzene rings is 2. The molecule has 82 valence electrons. The van der Waals surface area contributed by atoms with Crippen molar-refractivity contribution < 1.29 is 4.74 Å². The summed E-state index contributed by atoms with van der Waals surface area (Å²) in [6, 6.07) is 15.9. The van der Waals surface area contributed by atoms with E-state index in [1.54, 1.807) is 16.9 Å². The Labute approximate surface area is 109 Å². The minimum atomic E-state index is 0.550. The first-order valence-corrected chi connectivity index (χ1v) is 6.56. The first-order valence-electron chi connectivity index (χ1n) is 4.97. The second-order valence-corrected chi connectivity index (χ2v) is 5.27. The summed E-state index contributed by atoms with van der Waals surface area (Å²) in [4.78, 5) is 0. The predicted molar refractivity (Wildman–Crippen MR) is 70.4 cm³/mol. The molecule has 2 aromatic carbocycles. The molecule has 1 unspecified atom stereocenters. The molecule has 0 spiro atoms. The van der Waals surface area contributed by atoms with Crippen LogP contribution in [0.2, 0.25) is 5.02 Å². The summed E-state index contributed by atoms with van der Waals surface area (Å²) in [5, 5.41) is 0.679. The monoisotopic (exact) mass is 294 g/mol. The van der Waals surface area contributed by atoms with Crippen LogP contribution in [0.3, 0.4) is 0 Å². The topological polar surface area (TPSA) is 9.23 Å². The molecule has 0 aromatic heterocycles. The summed E-state index contributed by atoms with van der Waals surface area (Å²) in [6.45, 7) is 0.550. The molecule has 0 radical (unpaired) electrons. The average Bonchev–Trinajstić information content (AvgIpc) is 2.29. The van der Waals surface area contributed by atoms with Crippen LogP contribution in [-0.4, -0.2) is 16.9 Å². The molecule has 0 aliphatic carbocycles. The summed E-state index contributed by atoms with van der Waals surface area (Å²) in [6.07, 6.45) is 0. The summed E-state index contributed by atoms with van der Waals surface area (Å²) < 4.78 is 6.85. The zero-order valence-electron chi connectivity index (χ0n) is 8.69. The van der Waals surface area contributed by atoms with E-state index in [2.05, 4.69) is 0 Å². The molecule has 0 aliphatic rings. The van der Waals surface area contributed by atoms with Crippen molar-refractivity contribution in [3.8, 4) is 5.75 Å². The quantitative estimate of drug-likeness (QED) is 0.789. The molecule has 0 amide bonds. The van der Waals surface area contributed by atoms with Crippen molar-refractivity contribution in [2.45, 2.75) is 6.61 Å². The Morgan fingerprint density at radius 1 is 1.06 bits per heavy atom. The Hall–Kier alpha value is -0.912. The zero-order valence-corrected chi connectivity index (χ0v) is 11.9. The molecule has 1 atom stereocenters. The molecule has 2 aromatic rings. The van der Waals surface area contributed by atoms with Gasteiger partial charge in [0, 0.05) is 0 Å². The van der Waals surface area contributed by atoms with Crippen LogP contribution in [0, 0.1) is 0 Å². The van der Waals surface area contributed by atoms with Gasteiger partial charge in [0.2, 0.25) is 0 Å². The molecule has 0 N–H and O–H groups in total. The molecule has 0 fully saturated rings. The van der Waals surface area contributed by atoms with Crippen LogP contribution in [0.15, 0.2) is 48.5 Å². The van der Waals surface area contributed by atoms with Gasteiger partial charge < -0.3 is 0 Å². The average molecular weight is 295 g/mol. The first kappa shape index (κ1) is 11.6. The molecule has 0 heterocycles. The van der Waals surface area contributed by atoms with E-state index in [-0.39, 0.29) is 0 Å². The van der Waals surface area contributed by atoms with Gasteiger partial charge in [-0.25, -0.2) is 0 Å². The molecule has 3 heteroatoms. The molecule has 0 saturated heterocycles. The van der Waals surface area contributed by atoms with E-state index in [0.717, 1.165) is 11.3 Å². The van der Waals surface area contributed by atoms with Crippen LogP contribution in [0.25, 0.3) is 0 Å². The summed E-state index contributed by atoms with van der Waals surface area (Å²) >= 11 is 7.64. The van der Waals surface area contributed by atoms with E-state index < -0.39 is 0 Å². The molecule has 2 rings (SSSR count). The van der Waals surface area contributed by atoms with Gasteiger partial charge in [-0.1, -0.05) is 0 Å². The Morgan fingerprint density at radius 2 is 1.81 bits per heavy atom. The fourth-order valence-electron chi connectivity index (χ4n) is 1.37. The van der Waals surface area contributed by atoms with Crippen LogP contribution >= 0.6 is 11.6 Å². The third-order valence-electron chi connectivity index (χ3n) is 2.19. The van der Waals surface area contributed by atoms with Gasteiger partial charge in [-0.2, -0.15) is 0 Å². The van der Waals surface area contributed by atoms with Crippen LogP contribution in [-0.2, 0) is 6.61 Å². The second kappa shape index (κ2) is 5.43. The second-order valence-electron chi connectivity index (χ2n) is 3.46. The van der Waals surface area contributed by atoms with E-state index in [9.17, 15) is 0 Å². The van der Waals surface area contributed by atoms with Gasteiger partial charge in [0.05, 0.1) is 0 Å². The SMILES string of the molecule is Clc1cc([AsH2])ccc1OCc1ccccc1. The molecule has 16 heavy (non-hydrogen) atoms. The van der Waals surface area contributed by atoms with Crippen LogP contribution in [0.5, 0.6) is 5.75 Å². The Kier molecular flexibility index (Phi) is 3.92. The van der Waals surface area contributed by atoms with Gasteiger partial charge >= 0.3 is 109 Å². The van der Waals surface area contributed by atoms with E-state index >= 15 is 0 Å². The molecule has 0 aliphatic heterocycles. The van der Waals surface area contributed by atoms with Gasteiger partial charge in [0.15, 0.2) is 0 Å². The van der Waals surface area contributed by atoms with Gasteiger partial charge in [0.25, 0.3) is 0 Å². The third-order valence-corrected chi connectivity index (χ3v) is 3.24. The Balaban J connectivity index is 2.05. The fraction of sp³-hybridized carbons (Fsp3) is 0.0769. The van der Waals surface area contributed by atoms with Gasteiger partial charge in [-0.05, 0) is 0 Å². The maximum absolute atomic E-state index is 6.08. The van der Waals surface area contributed by atoms with Crippen molar-refractivity contribution in [3.63, 3.8) is 0 Å². The van der Waals surface area contributed by atoms with Crippen LogP contribution in [0.1, 0.15) is 5.56 Å². The number of halogens is 1. The van der Waals surface area contributed by atoms with Crippen LogP contribution < -0.4 is 9.09 Å². The van der Waals surface area contributed by atoms with Gasteiger partial charge in [0.1, 0.15) is 0 Å². The maximum atomic E-state index is 6.08. The summed E-state index contributed by atoms with van der Waals surface area (Å²) in [7, 11) is 0. The van der Waals surface area contributed by atoms with E-state index in [0.29, 0.717) is 11.6 Å². The van der Waals surface area contributed by atoms with Gasteiger partial charge in [-0.3, -0.25) is 0 Å². The zero-order chi connectivity index (χ0) is 11.4. The Bertz CT molecular complexity index is 471. The van der Waals surface area contributed by atoms with E-state index in [1.165, 1.54) is 4.35 Å². The molecule has 0 saturated carbocycles. The fourth-order valence-corrected chi connectivity index (χ4v) is 2.39. The normalized spacial score (nSPS) is 10.1. The number of rotatable bonds is 3. The van der Waals surface area contributed by atoms with Crippen molar-refractivity contribution in [1.82, 2.24) is 0 Å². The van der Waals surface area contributed by atoms with Crippen LogP contribution in [0.4, 0.5) is 0 Å². The van der Waals surface area contributed by atoms with Gasteiger partial charge in [-0.15, -0.1) is 0 Å². The van der Waals surface area contributed by atoms with Crippen molar-refractivity contribution in [1.29, 1.82) is 0 Å². The van der Waals surface area contributed by atoms with Crippen molar-refractivity contribution in [3.05, 3.63) is 59.1 Å². The number of hydrogen-bond acceptors (Lipinski definition) is 1. The molecular weight excluding hydrogens is 283 g/mol. The van der Waals surface area contributed by atoms with Crippen molar-refractivity contribution in [2.75, 3.05) is 0 Å². The molecular formula is C13H12AsClO. The van der Waals surface area contributed by atoms with Crippen molar-refractivity contribution >= 4 is 32.8 Å². The standard InChI is InChI=1S/C13H12AsClO/c14-11-6-7-13(12(15)8-11)16-9-10-4-2-1-3-5-10/h1-8H,9,14H2. The Morgan fingerprint density at radius 3 is 2.50 bits per heavy atom.